The summed E-state index contributed by atoms with van der Waals surface area (Å²) in [6.45, 7) is 10.7. The molecule has 1 saturated heterocycles. The number of hydrogen-bond donors (Lipinski definition) is 1. The topological polar surface area (TPSA) is 42.3 Å². The monoisotopic (exact) mass is 280 g/mol. The van der Waals surface area contributed by atoms with Crippen LogP contribution in [0.1, 0.15) is 40.0 Å². The van der Waals surface area contributed by atoms with Gasteiger partial charge in [0.1, 0.15) is 5.54 Å². The molecule has 2 atom stereocenters. The van der Waals surface area contributed by atoms with E-state index in [2.05, 4.69) is 49.1 Å². The second-order valence-electron chi connectivity index (χ2n) is 6.77. The van der Waals surface area contributed by atoms with Crippen LogP contribution in [0.5, 0.6) is 0 Å². The van der Waals surface area contributed by atoms with Crippen LogP contribution in [0.3, 0.4) is 0 Å². The lowest BCUT2D eigenvalue weighted by atomic mass is 9.91. The average Bonchev–Trinajstić information content (AvgIpc) is 2.39. The van der Waals surface area contributed by atoms with Crippen LogP contribution in [0.4, 0.5) is 0 Å². The van der Waals surface area contributed by atoms with Crippen molar-refractivity contribution in [2.75, 3.05) is 40.3 Å². The van der Waals surface area contributed by atoms with Gasteiger partial charge in [-0.1, -0.05) is 6.92 Å². The minimum atomic E-state index is -0.394. The highest BCUT2D eigenvalue weighted by atomic mass is 15.2. The lowest BCUT2D eigenvalue weighted by molar-refractivity contribution is 0.112. The predicted molar refractivity (Wildman–Crippen MR) is 84.6 cm³/mol. The quantitative estimate of drug-likeness (QED) is 0.774. The summed E-state index contributed by atoms with van der Waals surface area (Å²) >= 11 is 0. The van der Waals surface area contributed by atoms with E-state index in [1.165, 1.54) is 32.5 Å². The normalized spacial score (nSPS) is 22.4. The summed E-state index contributed by atoms with van der Waals surface area (Å²) in [6.07, 6.45) is 3.47. The highest BCUT2D eigenvalue weighted by Crippen LogP contribution is 2.23. The fourth-order valence-corrected chi connectivity index (χ4v) is 3.36. The largest absolute Gasteiger partial charge is 0.309 e. The summed E-state index contributed by atoms with van der Waals surface area (Å²) in [5, 5.41) is 12.7. The molecule has 4 heteroatoms. The van der Waals surface area contributed by atoms with Gasteiger partial charge in [-0.05, 0) is 72.8 Å². The standard InChI is InChI=1S/C16H32N4/c1-6-18-16(3,13-17)11-14(2)20-9-7-15(8-10-20)12-19(4)5/h14-15,18H,6-12H2,1-5H3. The van der Waals surface area contributed by atoms with E-state index >= 15 is 0 Å². The molecule has 1 aliphatic heterocycles. The van der Waals surface area contributed by atoms with Gasteiger partial charge in [0.25, 0.3) is 0 Å². The molecule has 0 aliphatic carbocycles. The molecule has 0 aromatic heterocycles. The maximum Gasteiger partial charge on any atom is 0.105 e. The van der Waals surface area contributed by atoms with Gasteiger partial charge in [0.05, 0.1) is 6.07 Å². The van der Waals surface area contributed by atoms with Gasteiger partial charge in [-0.25, -0.2) is 0 Å². The molecule has 0 spiro atoms. The van der Waals surface area contributed by atoms with Gasteiger partial charge in [-0.15, -0.1) is 0 Å². The van der Waals surface area contributed by atoms with Crippen molar-refractivity contribution >= 4 is 0 Å². The van der Waals surface area contributed by atoms with Gasteiger partial charge in [-0.2, -0.15) is 5.26 Å². The third-order valence-electron chi connectivity index (χ3n) is 4.41. The highest BCUT2D eigenvalue weighted by Gasteiger charge is 2.30. The molecule has 0 saturated carbocycles. The van der Waals surface area contributed by atoms with E-state index in [-0.39, 0.29) is 0 Å². The van der Waals surface area contributed by atoms with Gasteiger partial charge in [-0.3, -0.25) is 5.32 Å². The van der Waals surface area contributed by atoms with Crippen molar-refractivity contribution in [3.63, 3.8) is 0 Å². The Morgan fingerprint density at radius 1 is 1.40 bits per heavy atom. The SMILES string of the molecule is CCNC(C)(C#N)CC(C)N1CCC(CN(C)C)CC1. The highest BCUT2D eigenvalue weighted by molar-refractivity contribution is 5.05. The van der Waals surface area contributed by atoms with Crippen molar-refractivity contribution in [3.05, 3.63) is 0 Å². The first kappa shape index (κ1) is 17.4. The smallest absolute Gasteiger partial charge is 0.105 e. The summed E-state index contributed by atoms with van der Waals surface area (Å²) in [5.41, 5.74) is -0.394. The summed E-state index contributed by atoms with van der Waals surface area (Å²) in [4.78, 5) is 4.85. The molecule has 1 N–H and O–H groups in total. The van der Waals surface area contributed by atoms with E-state index in [9.17, 15) is 5.26 Å². The Balaban J connectivity index is 2.43. The van der Waals surface area contributed by atoms with E-state index in [4.69, 9.17) is 0 Å². The molecule has 2 unspecified atom stereocenters. The van der Waals surface area contributed by atoms with Crippen molar-refractivity contribution in [2.24, 2.45) is 5.92 Å². The number of nitriles is 1. The Labute approximate surface area is 125 Å². The molecule has 0 amide bonds. The van der Waals surface area contributed by atoms with E-state index in [0.717, 1.165) is 18.9 Å². The third-order valence-corrected chi connectivity index (χ3v) is 4.41. The number of hydrogen-bond acceptors (Lipinski definition) is 4. The van der Waals surface area contributed by atoms with Crippen LogP contribution >= 0.6 is 0 Å². The van der Waals surface area contributed by atoms with E-state index in [1.54, 1.807) is 0 Å². The fraction of sp³-hybridized carbons (Fsp3) is 0.938. The minimum absolute atomic E-state index is 0.394. The number of nitrogens with zero attached hydrogens (tertiary/aromatic N) is 3. The van der Waals surface area contributed by atoms with Crippen molar-refractivity contribution < 1.29 is 0 Å². The van der Waals surface area contributed by atoms with Crippen molar-refractivity contribution in [2.45, 2.75) is 51.6 Å². The van der Waals surface area contributed by atoms with Crippen LogP contribution in [0, 0.1) is 17.2 Å². The lowest BCUT2D eigenvalue weighted by Gasteiger charge is -2.39. The number of rotatable bonds is 7. The van der Waals surface area contributed by atoms with Crippen LogP contribution in [0.25, 0.3) is 0 Å². The first-order valence-electron chi connectivity index (χ1n) is 7.95. The van der Waals surface area contributed by atoms with Gasteiger partial charge < -0.3 is 9.80 Å². The van der Waals surface area contributed by atoms with Gasteiger partial charge in [0, 0.05) is 12.6 Å². The summed E-state index contributed by atoms with van der Waals surface area (Å²) < 4.78 is 0. The molecular weight excluding hydrogens is 248 g/mol. The van der Waals surface area contributed by atoms with Crippen molar-refractivity contribution in [3.8, 4) is 6.07 Å². The minimum Gasteiger partial charge on any atom is -0.309 e. The zero-order valence-electron chi connectivity index (χ0n) is 13.9. The van der Waals surface area contributed by atoms with Gasteiger partial charge in [0.15, 0.2) is 0 Å². The zero-order valence-corrected chi connectivity index (χ0v) is 13.9. The summed E-state index contributed by atoms with van der Waals surface area (Å²) in [6, 6.07) is 2.91. The number of nitrogens with one attached hydrogen (secondary N) is 1. The first-order valence-corrected chi connectivity index (χ1v) is 7.95. The third kappa shape index (κ3) is 5.40. The first-order chi connectivity index (χ1) is 9.40. The Morgan fingerprint density at radius 2 is 2.00 bits per heavy atom. The molecule has 1 aliphatic rings. The van der Waals surface area contributed by atoms with Crippen LogP contribution in [-0.4, -0.2) is 61.7 Å². The summed E-state index contributed by atoms with van der Waals surface area (Å²) in [7, 11) is 4.31. The van der Waals surface area contributed by atoms with Crippen LogP contribution in [0.2, 0.25) is 0 Å². The van der Waals surface area contributed by atoms with Crippen molar-refractivity contribution in [1.29, 1.82) is 5.26 Å². The van der Waals surface area contributed by atoms with Crippen molar-refractivity contribution in [1.82, 2.24) is 15.1 Å². The molecule has 0 bridgehead atoms. The summed E-state index contributed by atoms with van der Waals surface area (Å²) in [5.74, 6) is 0.838. The van der Waals surface area contributed by atoms with E-state index in [0.29, 0.717) is 6.04 Å². The number of likely N-dealkylation sites (tertiary alicyclic amines) is 1. The molecule has 1 heterocycles. The van der Waals surface area contributed by atoms with Crippen LogP contribution < -0.4 is 5.32 Å². The second-order valence-corrected chi connectivity index (χ2v) is 6.77. The Hall–Kier alpha value is -0.630. The van der Waals surface area contributed by atoms with E-state index < -0.39 is 5.54 Å². The molecule has 0 radical (unpaired) electrons. The maximum absolute atomic E-state index is 9.37. The maximum atomic E-state index is 9.37. The van der Waals surface area contributed by atoms with Crippen LogP contribution in [0.15, 0.2) is 0 Å². The second kappa shape index (κ2) is 7.97. The Bertz CT molecular complexity index is 315. The van der Waals surface area contributed by atoms with Gasteiger partial charge in [0.2, 0.25) is 0 Å². The Morgan fingerprint density at radius 3 is 2.45 bits per heavy atom. The molecule has 0 aromatic carbocycles. The van der Waals surface area contributed by atoms with Crippen LogP contribution in [-0.2, 0) is 0 Å². The van der Waals surface area contributed by atoms with E-state index in [1.807, 2.05) is 6.92 Å². The molecule has 1 rings (SSSR count). The number of piperidine rings is 1. The predicted octanol–water partition coefficient (Wildman–Crippen LogP) is 1.93. The molecule has 1 fully saturated rings. The molecule has 4 nitrogen and oxygen atoms in total. The Kier molecular flexibility index (Phi) is 6.94. The molecular formula is C16H32N4. The zero-order chi connectivity index (χ0) is 15.2. The fourth-order valence-electron chi connectivity index (χ4n) is 3.36. The molecule has 116 valence electrons. The lowest BCUT2D eigenvalue weighted by Crippen LogP contribution is -2.49. The van der Waals surface area contributed by atoms with Gasteiger partial charge >= 0.3 is 0 Å². The molecule has 20 heavy (non-hydrogen) atoms. The molecule has 0 aromatic rings. The average molecular weight is 280 g/mol.